The van der Waals surface area contributed by atoms with Crippen molar-refractivity contribution in [3.8, 4) is 0 Å². The Bertz CT molecular complexity index is 637. The number of amides is 2. The molecule has 2 heterocycles. The average molecular weight is 387 g/mol. The fourth-order valence-corrected chi connectivity index (χ4v) is 5.52. The van der Waals surface area contributed by atoms with E-state index in [4.69, 9.17) is 0 Å². The van der Waals surface area contributed by atoms with Crippen LogP contribution in [-0.4, -0.2) is 90.5 Å². The zero-order chi connectivity index (χ0) is 18.9. The van der Waals surface area contributed by atoms with Crippen LogP contribution in [0.3, 0.4) is 0 Å². The lowest BCUT2D eigenvalue weighted by molar-refractivity contribution is -0.145. The molecule has 0 aromatic rings. The van der Waals surface area contributed by atoms with Crippen LogP contribution in [-0.2, 0) is 19.8 Å². The minimum atomic E-state index is -3.46. The molecule has 148 valence electrons. The van der Waals surface area contributed by atoms with E-state index in [0.29, 0.717) is 45.8 Å². The van der Waals surface area contributed by atoms with Crippen LogP contribution in [0, 0.1) is 5.92 Å². The molecule has 8 nitrogen and oxygen atoms in total. The SMILES string of the molecule is CCN(CC)S(=O)(=O)N1CCN(C(=O)C2CCCN2C(=O)C2CC2)CC1. The molecule has 3 rings (SSSR count). The summed E-state index contributed by atoms with van der Waals surface area (Å²) in [4.78, 5) is 28.8. The molecule has 0 aromatic heterocycles. The summed E-state index contributed by atoms with van der Waals surface area (Å²) in [6.45, 7) is 6.61. The van der Waals surface area contributed by atoms with Gasteiger partial charge in [-0.15, -0.1) is 0 Å². The van der Waals surface area contributed by atoms with Gasteiger partial charge in [0.1, 0.15) is 6.04 Å². The van der Waals surface area contributed by atoms with Gasteiger partial charge < -0.3 is 9.80 Å². The molecule has 26 heavy (non-hydrogen) atoms. The highest BCUT2D eigenvalue weighted by Crippen LogP contribution is 2.34. The first kappa shape index (κ1) is 19.6. The molecule has 0 spiro atoms. The summed E-state index contributed by atoms with van der Waals surface area (Å²) in [5.74, 6) is 0.236. The Hall–Kier alpha value is -1.19. The number of rotatable bonds is 6. The first-order valence-corrected chi connectivity index (χ1v) is 11.1. The third-order valence-corrected chi connectivity index (χ3v) is 7.84. The van der Waals surface area contributed by atoms with Crippen molar-refractivity contribution in [1.29, 1.82) is 0 Å². The molecule has 1 aliphatic carbocycles. The highest BCUT2D eigenvalue weighted by molar-refractivity contribution is 7.86. The predicted molar refractivity (Wildman–Crippen MR) is 97.5 cm³/mol. The van der Waals surface area contributed by atoms with E-state index in [1.165, 1.54) is 8.61 Å². The summed E-state index contributed by atoms with van der Waals surface area (Å²) in [6.07, 6.45) is 3.47. The van der Waals surface area contributed by atoms with Crippen molar-refractivity contribution in [3.63, 3.8) is 0 Å². The summed E-state index contributed by atoms with van der Waals surface area (Å²) < 4.78 is 28.1. The Morgan fingerprint density at radius 3 is 2.08 bits per heavy atom. The molecular weight excluding hydrogens is 356 g/mol. The van der Waals surface area contributed by atoms with Crippen LogP contribution in [0.4, 0.5) is 0 Å². The first-order chi connectivity index (χ1) is 12.4. The van der Waals surface area contributed by atoms with E-state index in [9.17, 15) is 18.0 Å². The molecule has 0 aromatic carbocycles. The molecule has 9 heteroatoms. The largest absolute Gasteiger partial charge is 0.338 e. The fraction of sp³-hybridized carbons (Fsp3) is 0.882. The predicted octanol–water partition coefficient (Wildman–Crippen LogP) is 0.118. The second-order valence-corrected chi connectivity index (χ2v) is 9.21. The second-order valence-electron chi connectivity index (χ2n) is 7.28. The van der Waals surface area contributed by atoms with E-state index in [-0.39, 0.29) is 23.8 Å². The topological polar surface area (TPSA) is 81.2 Å². The summed E-state index contributed by atoms with van der Waals surface area (Å²) in [5.41, 5.74) is 0. The lowest BCUT2D eigenvalue weighted by Gasteiger charge is -2.38. The number of carbonyl (C=O) groups excluding carboxylic acids is 2. The molecular formula is C17H30N4O4S. The molecule has 0 N–H and O–H groups in total. The zero-order valence-corrected chi connectivity index (χ0v) is 16.6. The Morgan fingerprint density at radius 1 is 0.923 bits per heavy atom. The van der Waals surface area contributed by atoms with Crippen LogP contribution in [0.2, 0.25) is 0 Å². The molecule has 0 radical (unpaired) electrons. The average Bonchev–Trinajstić information content (AvgIpc) is 3.38. The quantitative estimate of drug-likeness (QED) is 0.649. The van der Waals surface area contributed by atoms with Crippen LogP contribution >= 0.6 is 0 Å². The van der Waals surface area contributed by atoms with Gasteiger partial charge in [0, 0.05) is 51.7 Å². The van der Waals surface area contributed by atoms with Crippen molar-refractivity contribution >= 4 is 22.0 Å². The van der Waals surface area contributed by atoms with Gasteiger partial charge in [0.2, 0.25) is 11.8 Å². The Morgan fingerprint density at radius 2 is 1.54 bits per heavy atom. The van der Waals surface area contributed by atoms with E-state index in [1.807, 2.05) is 13.8 Å². The van der Waals surface area contributed by atoms with E-state index >= 15 is 0 Å². The summed E-state index contributed by atoms with van der Waals surface area (Å²) >= 11 is 0. The molecule has 2 aliphatic heterocycles. The van der Waals surface area contributed by atoms with Gasteiger partial charge >= 0.3 is 0 Å². The van der Waals surface area contributed by atoms with E-state index in [2.05, 4.69) is 0 Å². The smallest absolute Gasteiger partial charge is 0.282 e. The third-order valence-electron chi connectivity index (χ3n) is 5.66. The first-order valence-electron chi connectivity index (χ1n) is 9.74. The monoisotopic (exact) mass is 386 g/mol. The van der Waals surface area contributed by atoms with Gasteiger partial charge in [0.05, 0.1) is 0 Å². The number of likely N-dealkylation sites (tertiary alicyclic amines) is 1. The summed E-state index contributed by atoms with van der Waals surface area (Å²) in [6, 6.07) is -0.353. The van der Waals surface area contributed by atoms with Gasteiger partial charge in [-0.05, 0) is 25.7 Å². The van der Waals surface area contributed by atoms with Crippen molar-refractivity contribution < 1.29 is 18.0 Å². The van der Waals surface area contributed by atoms with Crippen LogP contribution < -0.4 is 0 Å². The Labute approximate surface area is 156 Å². The van der Waals surface area contributed by atoms with Crippen molar-refractivity contribution in [1.82, 2.24) is 18.4 Å². The zero-order valence-electron chi connectivity index (χ0n) is 15.8. The highest BCUT2D eigenvalue weighted by Gasteiger charge is 2.43. The Kier molecular flexibility index (Phi) is 5.88. The maximum Gasteiger partial charge on any atom is 0.282 e. The summed E-state index contributed by atoms with van der Waals surface area (Å²) in [7, 11) is -3.46. The fourth-order valence-electron chi connectivity index (χ4n) is 3.92. The van der Waals surface area contributed by atoms with Gasteiger partial charge in [0.15, 0.2) is 0 Å². The summed E-state index contributed by atoms with van der Waals surface area (Å²) in [5, 5.41) is 0. The molecule has 1 saturated carbocycles. The molecule has 1 unspecified atom stereocenters. The minimum Gasteiger partial charge on any atom is -0.338 e. The van der Waals surface area contributed by atoms with Gasteiger partial charge in [0.25, 0.3) is 10.2 Å². The number of hydrogen-bond donors (Lipinski definition) is 0. The molecule has 0 bridgehead atoms. The van der Waals surface area contributed by atoms with Crippen molar-refractivity contribution in [2.24, 2.45) is 5.92 Å². The number of nitrogens with zero attached hydrogens (tertiary/aromatic N) is 4. The highest BCUT2D eigenvalue weighted by atomic mass is 32.2. The number of hydrogen-bond acceptors (Lipinski definition) is 4. The third kappa shape index (κ3) is 3.75. The number of piperazine rings is 1. The normalized spacial score (nSPS) is 25.1. The molecule has 2 amide bonds. The van der Waals surface area contributed by atoms with Gasteiger partial charge in [-0.3, -0.25) is 9.59 Å². The van der Waals surface area contributed by atoms with Crippen LogP contribution in [0.15, 0.2) is 0 Å². The minimum absolute atomic E-state index is 0.0172. The van der Waals surface area contributed by atoms with Crippen molar-refractivity contribution in [3.05, 3.63) is 0 Å². The standard InChI is InChI=1S/C17H30N4O4S/c1-3-19(4-2)26(24,25)20-12-10-18(11-13-20)17(23)15-6-5-9-21(15)16(22)14-7-8-14/h14-15H,3-13H2,1-2H3. The van der Waals surface area contributed by atoms with Crippen molar-refractivity contribution in [2.75, 3.05) is 45.8 Å². The van der Waals surface area contributed by atoms with Crippen LogP contribution in [0.1, 0.15) is 39.5 Å². The number of carbonyl (C=O) groups is 2. The van der Waals surface area contributed by atoms with Crippen LogP contribution in [0.5, 0.6) is 0 Å². The van der Waals surface area contributed by atoms with Gasteiger partial charge in [-0.1, -0.05) is 13.8 Å². The Balaban J connectivity index is 1.59. The van der Waals surface area contributed by atoms with Gasteiger partial charge in [-0.2, -0.15) is 17.0 Å². The second kappa shape index (κ2) is 7.82. The van der Waals surface area contributed by atoms with Crippen LogP contribution in [0.25, 0.3) is 0 Å². The molecule has 3 fully saturated rings. The van der Waals surface area contributed by atoms with E-state index < -0.39 is 10.2 Å². The van der Waals surface area contributed by atoms with E-state index in [0.717, 1.165) is 25.7 Å². The molecule has 3 aliphatic rings. The maximum atomic E-state index is 12.9. The van der Waals surface area contributed by atoms with Crippen molar-refractivity contribution in [2.45, 2.75) is 45.6 Å². The van der Waals surface area contributed by atoms with E-state index in [1.54, 1.807) is 9.80 Å². The lowest BCUT2D eigenvalue weighted by Crippen LogP contribution is -2.57. The lowest BCUT2D eigenvalue weighted by atomic mass is 10.1. The maximum absolute atomic E-state index is 12.9. The van der Waals surface area contributed by atoms with Gasteiger partial charge in [-0.25, -0.2) is 0 Å². The molecule has 2 saturated heterocycles. The molecule has 1 atom stereocenters.